The van der Waals surface area contributed by atoms with E-state index in [1.54, 1.807) is 4.68 Å². The van der Waals surface area contributed by atoms with Crippen molar-refractivity contribution in [2.75, 3.05) is 25.0 Å². The number of hydrogen-bond acceptors (Lipinski definition) is 4. The van der Waals surface area contributed by atoms with Gasteiger partial charge in [-0.25, -0.2) is 4.68 Å². The molecule has 2 aromatic carbocycles. The van der Waals surface area contributed by atoms with Gasteiger partial charge in [0.25, 0.3) is 0 Å². The molecule has 2 heterocycles. The molecule has 2 amide bonds. The molecule has 1 aliphatic heterocycles. The molecule has 3 N–H and O–H groups in total. The molecular weight excluding hydrogens is 414 g/mol. The van der Waals surface area contributed by atoms with Crippen LogP contribution in [0.1, 0.15) is 29.5 Å². The zero-order valence-corrected chi connectivity index (χ0v) is 19.5. The molecule has 0 aliphatic carbocycles. The first-order valence-corrected chi connectivity index (χ1v) is 11.4. The number of anilines is 1. The third-order valence-corrected chi connectivity index (χ3v) is 6.37. The Kier molecular flexibility index (Phi) is 6.60. The van der Waals surface area contributed by atoms with Gasteiger partial charge in [0, 0.05) is 18.2 Å². The number of aromatic nitrogens is 2. The van der Waals surface area contributed by atoms with Gasteiger partial charge < -0.3 is 11.1 Å². The van der Waals surface area contributed by atoms with Gasteiger partial charge >= 0.3 is 0 Å². The van der Waals surface area contributed by atoms with E-state index in [0.29, 0.717) is 12.4 Å². The van der Waals surface area contributed by atoms with E-state index in [1.807, 2.05) is 41.3 Å². The molecule has 1 fully saturated rings. The van der Waals surface area contributed by atoms with Crippen LogP contribution in [0.2, 0.25) is 0 Å². The van der Waals surface area contributed by atoms with Crippen molar-refractivity contribution in [1.29, 1.82) is 0 Å². The molecule has 0 saturated carbocycles. The van der Waals surface area contributed by atoms with E-state index in [2.05, 4.69) is 38.2 Å². The van der Waals surface area contributed by atoms with Gasteiger partial charge in [0.2, 0.25) is 11.8 Å². The van der Waals surface area contributed by atoms with Gasteiger partial charge in [0.15, 0.2) is 0 Å². The highest BCUT2D eigenvalue weighted by molar-refractivity contribution is 5.92. The molecule has 0 unspecified atom stereocenters. The standard InChI is InChI=1S/C26H31N5O2/c1-17-12-19(3)22(13-18(17)2)23-14-24(31(29-23)21-9-5-4-6-10-21)28-25(32)16-30-11-7-8-20(15-30)26(27)33/h4-6,9-10,12-14,20H,7-8,11,15-16H2,1-3H3,(H2,27,33)(H,28,32)/t20-/m1/s1. The summed E-state index contributed by atoms with van der Waals surface area (Å²) in [7, 11) is 0. The van der Waals surface area contributed by atoms with Crippen molar-refractivity contribution in [1.82, 2.24) is 14.7 Å². The molecule has 1 aromatic heterocycles. The van der Waals surface area contributed by atoms with Gasteiger partial charge in [0.05, 0.1) is 23.8 Å². The van der Waals surface area contributed by atoms with Gasteiger partial charge in [-0.3, -0.25) is 14.5 Å². The van der Waals surface area contributed by atoms with Crippen LogP contribution in [0.3, 0.4) is 0 Å². The average molecular weight is 446 g/mol. The summed E-state index contributed by atoms with van der Waals surface area (Å²) in [5.41, 5.74) is 11.8. The first kappa shape index (κ1) is 22.7. The molecule has 172 valence electrons. The van der Waals surface area contributed by atoms with Crippen LogP contribution in [0.25, 0.3) is 16.9 Å². The molecule has 3 aromatic rings. The molecule has 7 heteroatoms. The smallest absolute Gasteiger partial charge is 0.239 e. The van der Waals surface area contributed by atoms with Crippen LogP contribution >= 0.6 is 0 Å². The minimum atomic E-state index is -0.296. The number of carbonyl (C=O) groups excluding carboxylic acids is 2. The van der Waals surface area contributed by atoms with Crippen molar-refractivity contribution in [2.24, 2.45) is 11.7 Å². The summed E-state index contributed by atoms with van der Waals surface area (Å²) >= 11 is 0. The molecular formula is C26H31N5O2. The van der Waals surface area contributed by atoms with Gasteiger partial charge in [-0.1, -0.05) is 24.3 Å². The minimum absolute atomic E-state index is 0.138. The second-order valence-corrected chi connectivity index (χ2v) is 8.94. The van der Waals surface area contributed by atoms with Crippen molar-refractivity contribution in [3.8, 4) is 16.9 Å². The minimum Gasteiger partial charge on any atom is -0.369 e. The quantitative estimate of drug-likeness (QED) is 0.606. The zero-order chi connectivity index (χ0) is 23.5. The molecule has 4 rings (SSSR count). The number of amides is 2. The number of aryl methyl sites for hydroxylation is 3. The molecule has 0 radical (unpaired) electrons. The Morgan fingerprint density at radius 3 is 2.52 bits per heavy atom. The molecule has 33 heavy (non-hydrogen) atoms. The number of carbonyl (C=O) groups is 2. The fraction of sp³-hybridized carbons (Fsp3) is 0.346. The van der Waals surface area contributed by atoms with Gasteiger partial charge in [0.1, 0.15) is 5.82 Å². The van der Waals surface area contributed by atoms with Crippen LogP contribution in [0.15, 0.2) is 48.5 Å². The Labute approximate surface area is 194 Å². The van der Waals surface area contributed by atoms with Crippen LogP contribution in [0.5, 0.6) is 0 Å². The summed E-state index contributed by atoms with van der Waals surface area (Å²) in [5.74, 6) is -0.0146. The number of nitrogens with one attached hydrogen (secondary N) is 1. The van der Waals surface area contributed by atoms with Crippen molar-refractivity contribution in [3.63, 3.8) is 0 Å². The van der Waals surface area contributed by atoms with Crippen LogP contribution in [-0.4, -0.2) is 46.1 Å². The van der Waals surface area contributed by atoms with Crippen LogP contribution < -0.4 is 11.1 Å². The molecule has 1 atom stereocenters. The summed E-state index contributed by atoms with van der Waals surface area (Å²) < 4.78 is 1.77. The maximum absolute atomic E-state index is 12.9. The molecule has 0 bridgehead atoms. The van der Waals surface area contributed by atoms with Crippen molar-refractivity contribution in [2.45, 2.75) is 33.6 Å². The lowest BCUT2D eigenvalue weighted by atomic mass is 9.97. The number of nitrogens with zero attached hydrogens (tertiary/aromatic N) is 3. The van der Waals surface area contributed by atoms with E-state index in [9.17, 15) is 9.59 Å². The SMILES string of the molecule is Cc1cc(C)c(-c2cc(NC(=O)CN3CCC[C@@H](C(N)=O)C3)n(-c3ccccc3)n2)cc1C. The van der Waals surface area contributed by atoms with Gasteiger partial charge in [-0.05, 0) is 75.0 Å². The van der Waals surface area contributed by atoms with Crippen molar-refractivity contribution >= 4 is 17.6 Å². The number of nitrogens with two attached hydrogens (primary N) is 1. The average Bonchev–Trinajstić information content (AvgIpc) is 3.20. The Bertz CT molecular complexity index is 1170. The lowest BCUT2D eigenvalue weighted by Gasteiger charge is -2.30. The number of rotatable bonds is 6. The maximum atomic E-state index is 12.9. The topological polar surface area (TPSA) is 93.3 Å². The summed E-state index contributed by atoms with van der Waals surface area (Å²) in [6.07, 6.45) is 1.64. The lowest BCUT2D eigenvalue weighted by molar-refractivity contribution is -0.125. The molecule has 1 aliphatic rings. The highest BCUT2D eigenvalue weighted by Crippen LogP contribution is 2.29. The Hall–Kier alpha value is -3.45. The van der Waals surface area contributed by atoms with E-state index in [-0.39, 0.29) is 24.3 Å². The maximum Gasteiger partial charge on any atom is 0.239 e. The van der Waals surface area contributed by atoms with Gasteiger partial charge in [-0.2, -0.15) is 5.10 Å². The van der Waals surface area contributed by atoms with Crippen LogP contribution in [-0.2, 0) is 9.59 Å². The second-order valence-electron chi connectivity index (χ2n) is 8.94. The number of primary amides is 1. The first-order chi connectivity index (χ1) is 15.8. The number of hydrogen-bond donors (Lipinski definition) is 2. The van der Waals surface area contributed by atoms with E-state index in [0.717, 1.165) is 41.9 Å². The third kappa shape index (κ3) is 5.14. The number of piperidine rings is 1. The lowest BCUT2D eigenvalue weighted by Crippen LogP contribution is -2.44. The predicted molar refractivity (Wildman–Crippen MR) is 130 cm³/mol. The second kappa shape index (κ2) is 9.58. The number of para-hydroxylation sites is 1. The summed E-state index contributed by atoms with van der Waals surface area (Å²) in [5, 5.41) is 7.88. The predicted octanol–water partition coefficient (Wildman–Crippen LogP) is 3.60. The van der Waals surface area contributed by atoms with E-state index in [1.165, 1.54) is 11.1 Å². The molecule has 0 spiro atoms. The zero-order valence-electron chi connectivity index (χ0n) is 19.5. The first-order valence-electron chi connectivity index (χ1n) is 11.4. The molecule has 1 saturated heterocycles. The molecule has 7 nitrogen and oxygen atoms in total. The fourth-order valence-corrected chi connectivity index (χ4v) is 4.42. The summed E-state index contributed by atoms with van der Waals surface area (Å²) in [6, 6.07) is 16.0. The largest absolute Gasteiger partial charge is 0.369 e. The Balaban J connectivity index is 1.61. The van der Waals surface area contributed by atoms with Crippen LogP contribution in [0.4, 0.5) is 5.82 Å². The monoisotopic (exact) mass is 445 g/mol. The van der Waals surface area contributed by atoms with E-state index < -0.39 is 0 Å². The fourth-order valence-electron chi connectivity index (χ4n) is 4.42. The Morgan fingerprint density at radius 2 is 1.79 bits per heavy atom. The normalized spacial score (nSPS) is 16.5. The van der Waals surface area contributed by atoms with Crippen molar-refractivity contribution < 1.29 is 9.59 Å². The van der Waals surface area contributed by atoms with Crippen molar-refractivity contribution in [3.05, 3.63) is 65.2 Å². The van der Waals surface area contributed by atoms with E-state index in [4.69, 9.17) is 10.8 Å². The third-order valence-electron chi connectivity index (χ3n) is 6.37. The highest BCUT2D eigenvalue weighted by Gasteiger charge is 2.25. The number of benzene rings is 2. The summed E-state index contributed by atoms with van der Waals surface area (Å²) in [4.78, 5) is 26.5. The Morgan fingerprint density at radius 1 is 1.06 bits per heavy atom. The van der Waals surface area contributed by atoms with Crippen LogP contribution in [0, 0.1) is 26.7 Å². The van der Waals surface area contributed by atoms with E-state index >= 15 is 0 Å². The summed E-state index contributed by atoms with van der Waals surface area (Å²) in [6.45, 7) is 7.78. The highest BCUT2D eigenvalue weighted by atomic mass is 16.2. The van der Waals surface area contributed by atoms with Gasteiger partial charge in [-0.15, -0.1) is 0 Å². The number of likely N-dealkylation sites (tertiary alicyclic amines) is 1.